The van der Waals surface area contributed by atoms with Crippen molar-refractivity contribution >= 4 is 15.8 Å². The Morgan fingerprint density at radius 2 is 1.90 bits per heavy atom. The van der Waals surface area contributed by atoms with Gasteiger partial charge in [-0.25, -0.2) is 8.42 Å². The molecule has 1 aliphatic heterocycles. The van der Waals surface area contributed by atoms with E-state index in [4.69, 9.17) is 4.74 Å². The molecule has 1 heterocycles. The first kappa shape index (κ1) is 21.0. The molecular weight excluding hydrogens is 402 g/mol. The molecule has 1 N–H and O–H groups in total. The predicted molar refractivity (Wildman–Crippen MR) is 113 cm³/mol. The summed E-state index contributed by atoms with van der Waals surface area (Å²) in [7, 11) is -2.11. The Balaban J connectivity index is 1.63. The topological polar surface area (TPSA) is 83.9 Å². The van der Waals surface area contributed by atoms with Crippen LogP contribution in [0.25, 0.3) is 0 Å². The molecule has 0 radical (unpaired) electrons. The molecule has 160 valence electrons. The van der Waals surface area contributed by atoms with E-state index in [0.29, 0.717) is 24.3 Å². The average molecular weight is 430 g/mol. The van der Waals surface area contributed by atoms with Crippen LogP contribution in [0.15, 0.2) is 53.4 Å². The van der Waals surface area contributed by atoms with E-state index in [1.807, 2.05) is 24.3 Å². The second kappa shape index (κ2) is 7.80. The number of nitrogens with zero attached hydrogens (tertiary/aromatic N) is 1. The number of hydrogen-bond donors (Lipinski definition) is 1. The molecule has 0 bridgehead atoms. The van der Waals surface area contributed by atoms with Gasteiger partial charge in [-0.3, -0.25) is 4.79 Å². The molecule has 3 atom stereocenters. The van der Waals surface area contributed by atoms with Crippen molar-refractivity contribution in [2.75, 3.05) is 20.2 Å². The number of sulfonamides is 1. The van der Waals surface area contributed by atoms with Crippen molar-refractivity contribution in [3.8, 4) is 5.75 Å². The molecule has 2 aliphatic rings. The van der Waals surface area contributed by atoms with Gasteiger partial charge >= 0.3 is 0 Å². The van der Waals surface area contributed by atoms with Gasteiger partial charge in [-0.15, -0.1) is 0 Å². The number of hydrogen-bond acceptors (Lipinski definition) is 5. The molecular formula is C23H27NO5S. The second-order valence-corrected chi connectivity index (χ2v) is 10.3. The number of carbonyl (C=O) groups excluding carboxylic acids is 1. The van der Waals surface area contributed by atoms with Crippen LogP contribution in [0.3, 0.4) is 0 Å². The van der Waals surface area contributed by atoms with Crippen LogP contribution in [-0.2, 0) is 15.6 Å². The van der Waals surface area contributed by atoms with E-state index < -0.39 is 15.6 Å². The molecule has 2 aromatic carbocycles. The molecule has 3 unspecified atom stereocenters. The van der Waals surface area contributed by atoms with Gasteiger partial charge in [-0.2, -0.15) is 4.31 Å². The lowest BCUT2D eigenvalue weighted by Gasteiger charge is -2.41. The third-order valence-electron chi connectivity index (χ3n) is 6.62. The van der Waals surface area contributed by atoms with Crippen molar-refractivity contribution in [3.05, 3.63) is 59.7 Å². The minimum atomic E-state index is -3.70. The largest absolute Gasteiger partial charge is 0.497 e. The fourth-order valence-electron chi connectivity index (χ4n) is 4.94. The van der Waals surface area contributed by atoms with E-state index >= 15 is 0 Å². The fraction of sp³-hybridized carbons (Fsp3) is 0.435. The standard InChI is InChI=1S/C23H27NO5S/c1-16(25)17-8-10-21(11-9-17)30(27,28)24-14-18-5-4-12-23(26,22(18)15-24)19-6-3-7-20(13-19)29-2/h3,6-11,13,18,22,26H,4-5,12,14-15H2,1-2H3. The number of aliphatic hydroxyl groups is 1. The lowest BCUT2D eigenvalue weighted by atomic mass is 9.67. The highest BCUT2D eigenvalue weighted by Crippen LogP contribution is 2.49. The average Bonchev–Trinajstić information content (AvgIpc) is 3.21. The van der Waals surface area contributed by atoms with E-state index in [-0.39, 0.29) is 29.1 Å². The number of benzene rings is 2. The molecule has 0 amide bonds. The maximum Gasteiger partial charge on any atom is 0.243 e. The Labute approximate surface area is 177 Å². The maximum absolute atomic E-state index is 13.2. The van der Waals surface area contributed by atoms with Gasteiger partial charge in [0.2, 0.25) is 10.0 Å². The smallest absolute Gasteiger partial charge is 0.243 e. The molecule has 1 saturated carbocycles. The summed E-state index contributed by atoms with van der Waals surface area (Å²) in [5.74, 6) is 0.497. The second-order valence-electron chi connectivity index (χ2n) is 8.32. The van der Waals surface area contributed by atoms with Crippen molar-refractivity contribution in [2.45, 2.75) is 36.7 Å². The van der Waals surface area contributed by atoms with Crippen LogP contribution in [0.1, 0.15) is 42.1 Å². The molecule has 4 rings (SSSR count). The van der Waals surface area contributed by atoms with Crippen molar-refractivity contribution in [1.29, 1.82) is 0 Å². The number of rotatable bonds is 5. The molecule has 0 aromatic heterocycles. The summed E-state index contributed by atoms with van der Waals surface area (Å²) in [5, 5.41) is 11.7. The van der Waals surface area contributed by atoms with Crippen LogP contribution in [0.5, 0.6) is 5.75 Å². The van der Waals surface area contributed by atoms with Crippen molar-refractivity contribution in [3.63, 3.8) is 0 Å². The van der Waals surface area contributed by atoms with Crippen LogP contribution in [0, 0.1) is 11.8 Å². The van der Waals surface area contributed by atoms with Gasteiger partial charge in [0, 0.05) is 24.6 Å². The van der Waals surface area contributed by atoms with Gasteiger partial charge in [0.1, 0.15) is 5.75 Å². The first-order valence-corrected chi connectivity index (χ1v) is 11.7. The fourth-order valence-corrected chi connectivity index (χ4v) is 6.46. The number of ketones is 1. The Bertz CT molecular complexity index is 1050. The first-order chi connectivity index (χ1) is 14.3. The number of Topliss-reactive ketones (excluding diaryl/α,β-unsaturated/α-hetero) is 1. The molecule has 2 aromatic rings. The lowest BCUT2D eigenvalue weighted by Crippen LogP contribution is -2.43. The summed E-state index contributed by atoms with van der Waals surface area (Å²) < 4.78 is 33.3. The van der Waals surface area contributed by atoms with Crippen molar-refractivity contribution in [1.82, 2.24) is 4.31 Å². The minimum absolute atomic E-state index is 0.0984. The highest BCUT2D eigenvalue weighted by molar-refractivity contribution is 7.89. The molecule has 6 nitrogen and oxygen atoms in total. The number of carbonyl (C=O) groups is 1. The summed E-state index contributed by atoms with van der Waals surface area (Å²) in [5.41, 5.74) is 0.179. The van der Waals surface area contributed by atoms with Gasteiger partial charge in [0.05, 0.1) is 17.6 Å². The van der Waals surface area contributed by atoms with Crippen LogP contribution >= 0.6 is 0 Å². The van der Waals surface area contributed by atoms with E-state index in [1.165, 1.54) is 23.4 Å². The maximum atomic E-state index is 13.2. The van der Waals surface area contributed by atoms with Crippen LogP contribution in [-0.4, -0.2) is 43.8 Å². The van der Waals surface area contributed by atoms with Crippen LogP contribution in [0.2, 0.25) is 0 Å². The zero-order chi connectivity index (χ0) is 21.5. The van der Waals surface area contributed by atoms with E-state index in [0.717, 1.165) is 18.4 Å². The summed E-state index contributed by atoms with van der Waals surface area (Å²) in [4.78, 5) is 11.7. The SMILES string of the molecule is COc1cccc(C2(O)CCCC3CN(S(=O)(=O)c4ccc(C(C)=O)cc4)CC32)c1. The van der Waals surface area contributed by atoms with Crippen molar-refractivity contribution in [2.24, 2.45) is 11.8 Å². The molecule has 2 fully saturated rings. The predicted octanol–water partition coefficient (Wildman–Crippen LogP) is 3.21. The Morgan fingerprint density at radius 3 is 2.57 bits per heavy atom. The Morgan fingerprint density at radius 1 is 1.17 bits per heavy atom. The number of methoxy groups -OCH3 is 1. The molecule has 1 aliphatic carbocycles. The summed E-state index contributed by atoms with van der Waals surface area (Å²) in [6, 6.07) is 13.5. The summed E-state index contributed by atoms with van der Waals surface area (Å²) in [6.07, 6.45) is 2.34. The highest BCUT2D eigenvalue weighted by atomic mass is 32.2. The van der Waals surface area contributed by atoms with E-state index in [9.17, 15) is 18.3 Å². The van der Waals surface area contributed by atoms with E-state index in [1.54, 1.807) is 19.2 Å². The van der Waals surface area contributed by atoms with Crippen LogP contribution in [0.4, 0.5) is 0 Å². The quantitative estimate of drug-likeness (QED) is 0.738. The summed E-state index contributed by atoms with van der Waals surface area (Å²) >= 11 is 0. The normalized spacial score (nSPS) is 26.9. The van der Waals surface area contributed by atoms with Crippen LogP contribution < -0.4 is 4.74 Å². The van der Waals surface area contributed by atoms with Crippen molar-refractivity contribution < 1.29 is 23.1 Å². The minimum Gasteiger partial charge on any atom is -0.497 e. The van der Waals surface area contributed by atoms with Gasteiger partial charge in [0.15, 0.2) is 5.78 Å². The van der Waals surface area contributed by atoms with E-state index in [2.05, 4.69) is 0 Å². The summed E-state index contributed by atoms with van der Waals surface area (Å²) in [6.45, 7) is 2.12. The number of fused-ring (bicyclic) bond motifs is 1. The zero-order valence-corrected chi connectivity index (χ0v) is 18.1. The zero-order valence-electron chi connectivity index (χ0n) is 17.2. The van der Waals surface area contributed by atoms with Gasteiger partial charge in [0.25, 0.3) is 0 Å². The van der Waals surface area contributed by atoms with Gasteiger partial charge in [-0.05, 0) is 61.9 Å². The third kappa shape index (κ3) is 3.55. The number of ether oxygens (including phenoxy) is 1. The molecule has 0 spiro atoms. The Hall–Kier alpha value is -2.22. The molecule has 30 heavy (non-hydrogen) atoms. The Kier molecular flexibility index (Phi) is 5.46. The molecule has 7 heteroatoms. The third-order valence-corrected chi connectivity index (χ3v) is 8.47. The monoisotopic (exact) mass is 429 g/mol. The van der Waals surface area contributed by atoms with Gasteiger partial charge < -0.3 is 9.84 Å². The lowest BCUT2D eigenvalue weighted by molar-refractivity contribution is -0.0641. The highest BCUT2D eigenvalue weighted by Gasteiger charge is 2.52. The molecule has 1 saturated heterocycles. The van der Waals surface area contributed by atoms with Gasteiger partial charge in [-0.1, -0.05) is 24.3 Å². The first-order valence-electron chi connectivity index (χ1n) is 10.2.